The molecule has 3 N–H and O–H groups in total. The molecule has 0 bridgehead atoms. The predicted molar refractivity (Wildman–Crippen MR) is 56.9 cm³/mol. The van der Waals surface area contributed by atoms with Crippen molar-refractivity contribution in [2.45, 2.75) is 32.2 Å². The molecule has 1 saturated carbocycles. The van der Waals surface area contributed by atoms with E-state index >= 15 is 0 Å². The largest absolute Gasteiger partial charge is 0.381 e. The van der Waals surface area contributed by atoms with Gasteiger partial charge >= 0.3 is 0 Å². The first-order chi connectivity index (χ1) is 6.81. The number of rotatable bonds is 4. The topological polar surface area (TPSA) is 63.8 Å². The van der Waals surface area contributed by atoms with Crippen LogP contribution in [0.2, 0.25) is 0 Å². The first-order valence-corrected chi connectivity index (χ1v) is 5.14. The van der Waals surface area contributed by atoms with E-state index in [0.717, 1.165) is 18.2 Å². The molecule has 1 aromatic heterocycles. The van der Waals surface area contributed by atoms with Crippen LogP contribution in [-0.2, 0) is 0 Å². The maximum absolute atomic E-state index is 5.71. The molecule has 1 atom stereocenters. The third kappa shape index (κ3) is 1.95. The van der Waals surface area contributed by atoms with Gasteiger partial charge in [-0.25, -0.2) is 9.97 Å². The summed E-state index contributed by atoms with van der Waals surface area (Å²) in [6, 6.07) is 0.508. The lowest BCUT2D eigenvalue weighted by atomic mass is 10.1. The molecule has 4 heteroatoms. The summed E-state index contributed by atoms with van der Waals surface area (Å²) in [5, 5.41) is 3.36. The fourth-order valence-electron chi connectivity index (χ4n) is 1.69. The Bertz CT molecular complexity index is 309. The van der Waals surface area contributed by atoms with Crippen molar-refractivity contribution in [2.24, 2.45) is 5.92 Å². The van der Waals surface area contributed by atoms with Gasteiger partial charge < -0.3 is 11.1 Å². The minimum absolute atomic E-state index is 0.492. The van der Waals surface area contributed by atoms with E-state index in [9.17, 15) is 0 Å². The van der Waals surface area contributed by atoms with Gasteiger partial charge in [0.25, 0.3) is 0 Å². The highest BCUT2D eigenvalue weighted by atomic mass is 15.1. The highest BCUT2D eigenvalue weighted by Gasteiger charge is 2.30. The van der Waals surface area contributed by atoms with Crippen molar-refractivity contribution in [3.05, 3.63) is 12.4 Å². The van der Waals surface area contributed by atoms with Crippen molar-refractivity contribution in [2.75, 3.05) is 11.1 Å². The molecule has 0 amide bonds. The SMILES string of the molecule is CCC(Nc1nccnc1N)C1CC1. The van der Waals surface area contributed by atoms with Crippen molar-refractivity contribution < 1.29 is 0 Å². The Morgan fingerprint density at radius 2 is 2.21 bits per heavy atom. The summed E-state index contributed by atoms with van der Waals surface area (Å²) in [6.07, 6.45) is 7.04. The van der Waals surface area contributed by atoms with E-state index in [1.807, 2.05) is 0 Å². The van der Waals surface area contributed by atoms with Crippen LogP contribution in [0.5, 0.6) is 0 Å². The second-order valence-corrected chi connectivity index (χ2v) is 3.79. The highest BCUT2D eigenvalue weighted by Crippen LogP contribution is 2.35. The summed E-state index contributed by atoms with van der Waals surface area (Å²) in [4.78, 5) is 8.18. The first kappa shape index (κ1) is 9.24. The number of hydrogen-bond donors (Lipinski definition) is 2. The van der Waals surface area contributed by atoms with Gasteiger partial charge in [-0.15, -0.1) is 0 Å². The van der Waals surface area contributed by atoms with E-state index in [-0.39, 0.29) is 0 Å². The second-order valence-electron chi connectivity index (χ2n) is 3.79. The van der Waals surface area contributed by atoms with Crippen molar-refractivity contribution >= 4 is 11.6 Å². The minimum Gasteiger partial charge on any atom is -0.381 e. The van der Waals surface area contributed by atoms with Crippen LogP contribution in [0.25, 0.3) is 0 Å². The van der Waals surface area contributed by atoms with Crippen molar-refractivity contribution in [1.82, 2.24) is 9.97 Å². The molecule has 2 rings (SSSR count). The van der Waals surface area contributed by atoms with Crippen molar-refractivity contribution in [3.63, 3.8) is 0 Å². The van der Waals surface area contributed by atoms with Gasteiger partial charge in [-0.3, -0.25) is 0 Å². The normalized spacial score (nSPS) is 17.8. The van der Waals surface area contributed by atoms with Gasteiger partial charge in [-0.1, -0.05) is 6.92 Å². The fraction of sp³-hybridized carbons (Fsp3) is 0.600. The molecular formula is C10H16N4. The number of nitrogen functional groups attached to an aromatic ring is 1. The summed E-state index contributed by atoms with van der Waals surface area (Å²) < 4.78 is 0. The maximum Gasteiger partial charge on any atom is 0.169 e. The molecule has 4 nitrogen and oxygen atoms in total. The summed E-state index contributed by atoms with van der Waals surface area (Å²) in [5.41, 5.74) is 5.71. The van der Waals surface area contributed by atoms with E-state index in [1.54, 1.807) is 12.4 Å². The van der Waals surface area contributed by atoms with E-state index in [1.165, 1.54) is 12.8 Å². The summed E-state index contributed by atoms with van der Waals surface area (Å²) >= 11 is 0. The molecule has 0 spiro atoms. The van der Waals surface area contributed by atoms with Crippen LogP contribution in [0.4, 0.5) is 11.6 Å². The van der Waals surface area contributed by atoms with Crippen molar-refractivity contribution in [3.8, 4) is 0 Å². The number of nitrogens with two attached hydrogens (primary N) is 1. The molecule has 0 aliphatic heterocycles. The monoisotopic (exact) mass is 192 g/mol. The molecule has 1 aliphatic rings. The van der Waals surface area contributed by atoms with Crippen LogP contribution in [0.3, 0.4) is 0 Å². The van der Waals surface area contributed by atoms with Crippen LogP contribution < -0.4 is 11.1 Å². The third-order valence-electron chi connectivity index (χ3n) is 2.68. The lowest BCUT2D eigenvalue weighted by Gasteiger charge is -2.17. The molecule has 1 heterocycles. The summed E-state index contributed by atoms with van der Waals surface area (Å²) in [5.74, 6) is 2.03. The first-order valence-electron chi connectivity index (χ1n) is 5.14. The van der Waals surface area contributed by atoms with Gasteiger partial charge in [0.2, 0.25) is 0 Å². The Hall–Kier alpha value is -1.32. The van der Waals surface area contributed by atoms with Crippen LogP contribution >= 0.6 is 0 Å². The Balaban J connectivity index is 2.04. The lowest BCUT2D eigenvalue weighted by Crippen LogP contribution is -2.22. The Morgan fingerprint density at radius 1 is 1.50 bits per heavy atom. The quantitative estimate of drug-likeness (QED) is 0.761. The Kier molecular flexibility index (Phi) is 2.52. The lowest BCUT2D eigenvalue weighted by molar-refractivity contribution is 0.614. The molecule has 76 valence electrons. The highest BCUT2D eigenvalue weighted by molar-refractivity contribution is 5.55. The van der Waals surface area contributed by atoms with Crippen LogP contribution in [0, 0.1) is 5.92 Å². The van der Waals surface area contributed by atoms with Crippen LogP contribution in [0.15, 0.2) is 12.4 Å². The third-order valence-corrected chi connectivity index (χ3v) is 2.68. The van der Waals surface area contributed by atoms with E-state index in [2.05, 4.69) is 22.2 Å². The Morgan fingerprint density at radius 3 is 2.79 bits per heavy atom. The zero-order chi connectivity index (χ0) is 9.97. The van der Waals surface area contributed by atoms with Crippen LogP contribution in [-0.4, -0.2) is 16.0 Å². The predicted octanol–water partition coefficient (Wildman–Crippen LogP) is 1.66. The molecular weight excluding hydrogens is 176 g/mol. The maximum atomic E-state index is 5.71. The molecule has 1 fully saturated rings. The van der Waals surface area contributed by atoms with Gasteiger partial charge in [0.15, 0.2) is 11.6 Å². The smallest absolute Gasteiger partial charge is 0.169 e. The standard InChI is InChI=1S/C10H16N4/c1-2-8(7-3-4-7)14-10-9(11)12-5-6-13-10/h5-8H,2-4H2,1H3,(H2,11,12)(H,13,14). The molecule has 0 aromatic carbocycles. The van der Waals surface area contributed by atoms with Gasteiger partial charge in [0, 0.05) is 18.4 Å². The molecule has 1 aliphatic carbocycles. The zero-order valence-electron chi connectivity index (χ0n) is 8.40. The molecule has 0 saturated heterocycles. The van der Waals surface area contributed by atoms with E-state index < -0.39 is 0 Å². The Labute approximate surface area is 83.9 Å². The molecule has 1 aromatic rings. The van der Waals surface area contributed by atoms with Gasteiger partial charge in [-0.2, -0.15) is 0 Å². The number of nitrogens with one attached hydrogen (secondary N) is 1. The van der Waals surface area contributed by atoms with E-state index in [4.69, 9.17) is 5.73 Å². The molecule has 14 heavy (non-hydrogen) atoms. The fourth-order valence-corrected chi connectivity index (χ4v) is 1.69. The zero-order valence-corrected chi connectivity index (χ0v) is 8.40. The second kappa shape index (κ2) is 3.82. The van der Waals surface area contributed by atoms with Gasteiger partial charge in [0.05, 0.1) is 0 Å². The number of anilines is 2. The van der Waals surface area contributed by atoms with Crippen LogP contribution in [0.1, 0.15) is 26.2 Å². The molecule has 0 radical (unpaired) electrons. The summed E-state index contributed by atoms with van der Waals surface area (Å²) in [7, 11) is 0. The van der Waals surface area contributed by atoms with E-state index in [0.29, 0.717) is 11.9 Å². The average molecular weight is 192 g/mol. The van der Waals surface area contributed by atoms with Crippen molar-refractivity contribution in [1.29, 1.82) is 0 Å². The summed E-state index contributed by atoms with van der Waals surface area (Å²) in [6.45, 7) is 2.18. The minimum atomic E-state index is 0.492. The van der Waals surface area contributed by atoms with Gasteiger partial charge in [0.1, 0.15) is 0 Å². The number of aromatic nitrogens is 2. The number of hydrogen-bond acceptors (Lipinski definition) is 4. The van der Waals surface area contributed by atoms with Gasteiger partial charge in [-0.05, 0) is 25.2 Å². The molecule has 1 unspecified atom stereocenters. The number of nitrogens with zero attached hydrogens (tertiary/aromatic N) is 2. The average Bonchev–Trinajstić information content (AvgIpc) is 3.00.